The fourth-order valence-electron chi connectivity index (χ4n) is 2.77. The smallest absolute Gasteiger partial charge is 0.311 e. The van der Waals surface area contributed by atoms with Gasteiger partial charge >= 0.3 is 5.69 Å². The molecule has 0 radical (unpaired) electrons. The van der Waals surface area contributed by atoms with E-state index in [-0.39, 0.29) is 11.5 Å². The van der Waals surface area contributed by atoms with Crippen LogP contribution in [-0.4, -0.2) is 15.9 Å². The zero-order chi connectivity index (χ0) is 14.0. The van der Waals surface area contributed by atoms with Gasteiger partial charge in [0.1, 0.15) is 5.82 Å². The minimum Gasteiger partial charge on any atom is -0.378 e. The quantitative estimate of drug-likeness (QED) is 0.646. The molecule has 3 N–H and O–H groups in total. The highest BCUT2D eigenvalue weighted by molar-refractivity contribution is 5.57. The normalized spacial score (nSPS) is 26.9. The van der Waals surface area contributed by atoms with Crippen molar-refractivity contribution in [2.24, 2.45) is 11.8 Å². The van der Waals surface area contributed by atoms with Crippen LogP contribution in [0.15, 0.2) is 12.1 Å². The molecular formula is C13H20N4O2. The Bertz CT molecular complexity index is 478. The Morgan fingerprint density at radius 2 is 2.16 bits per heavy atom. The van der Waals surface area contributed by atoms with Crippen LogP contribution in [0.25, 0.3) is 0 Å². The Hall–Kier alpha value is -1.85. The molecule has 0 aromatic carbocycles. The average molecular weight is 264 g/mol. The van der Waals surface area contributed by atoms with Crippen LogP contribution in [0.4, 0.5) is 17.3 Å². The summed E-state index contributed by atoms with van der Waals surface area (Å²) in [5, 5.41) is 14.0. The lowest BCUT2D eigenvalue weighted by molar-refractivity contribution is -0.384. The van der Waals surface area contributed by atoms with E-state index < -0.39 is 4.92 Å². The molecule has 3 atom stereocenters. The summed E-state index contributed by atoms with van der Waals surface area (Å²) in [6.07, 6.45) is 3.49. The van der Waals surface area contributed by atoms with Crippen molar-refractivity contribution in [2.45, 2.75) is 39.2 Å². The second-order valence-corrected chi connectivity index (χ2v) is 5.50. The molecule has 0 saturated heterocycles. The number of hydrogen-bond donors (Lipinski definition) is 2. The van der Waals surface area contributed by atoms with Crippen molar-refractivity contribution < 1.29 is 4.92 Å². The van der Waals surface area contributed by atoms with Crippen LogP contribution in [0, 0.1) is 22.0 Å². The number of hydrogen-bond acceptors (Lipinski definition) is 5. The summed E-state index contributed by atoms with van der Waals surface area (Å²) in [6.45, 7) is 4.50. The van der Waals surface area contributed by atoms with E-state index in [1.54, 1.807) is 6.07 Å². The van der Waals surface area contributed by atoms with Gasteiger partial charge in [-0.3, -0.25) is 10.1 Å². The summed E-state index contributed by atoms with van der Waals surface area (Å²) in [5.41, 5.74) is 5.45. The first-order valence-corrected chi connectivity index (χ1v) is 6.65. The van der Waals surface area contributed by atoms with Crippen molar-refractivity contribution in [1.82, 2.24) is 4.98 Å². The third-order valence-electron chi connectivity index (χ3n) is 3.86. The molecule has 19 heavy (non-hydrogen) atoms. The van der Waals surface area contributed by atoms with Crippen LogP contribution in [0.1, 0.15) is 33.1 Å². The molecule has 1 fully saturated rings. The van der Waals surface area contributed by atoms with Crippen molar-refractivity contribution in [3.8, 4) is 0 Å². The number of nitrogens with one attached hydrogen (secondary N) is 1. The number of nitrogen functional groups attached to an aromatic ring is 1. The van der Waals surface area contributed by atoms with Gasteiger partial charge in [0, 0.05) is 12.1 Å². The van der Waals surface area contributed by atoms with Gasteiger partial charge in [-0.1, -0.05) is 13.8 Å². The molecule has 104 valence electrons. The number of nitrogens with two attached hydrogens (primary N) is 1. The highest BCUT2D eigenvalue weighted by atomic mass is 16.6. The lowest BCUT2D eigenvalue weighted by Crippen LogP contribution is -2.33. The van der Waals surface area contributed by atoms with Crippen molar-refractivity contribution in [3.05, 3.63) is 22.2 Å². The molecule has 0 spiro atoms. The second kappa shape index (κ2) is 5.42. The predicted molar refractivity (Wildman–Crippen MR) is 74.9 cm³/mol. The van der Waals surface area contributed by atoms with Gasteiger partial charge in [0.2, 0.25) is 5.82 Å². The van der Waals surface area contributed by atoms with Gasteiger partial charge in [-0.15, -0.1) is 0 Å². The van der Waals surface area contributed by atoms with Gasteiger partial charge in [0.25, 0.3) is 0 Å². The number of pyridine rings is 1. The summed E-state index contributed by atoms with van der Waals surface area (Å²) in [5.74, 6) is 1.92. The van der Waals surface area contributed by atoms with Crippen molar-refractivity contribution in [1.29, 1.82) is 0 Å². The number of anilines is 2. The minimum absolute atomic E-state index is 0.0353. The molecule has 3 unspecified atom stereocenters. The third-order valence-corrected chi connectivity index (χ3v) is 3.86. The molecule has 6 nitrogen and oxygen atoms in total. The minimum atomic E-state index is -0.517. The van der Waals surface area contributed by atoms with Gasteiger partial charge in [0.15, 0.2) is 0 Å². The van der Waals surface area contributed by atoms with Crippen molar-refractivity contribution >= 4 is 17.3 Å². The molecule has 1 aromatic heterocycles. The maximum Gasteiger partial charge on any atom is 0.311 e. The van der Waals surface area contributed by atoms with Gasteiger partial charge < -0.3 is 11.1 Å². The van der Waals surface area contributed by atoms with E-state index in [0.29, 0.717) is 17.8 Å². The van der Waals surface area contributed by atoms with E-state index in [9.17, 15) is 10.1 Å². The molecule has 6 heteroatoms. The zero-order valence-corrected chi connectivity index (χ0v) is 11.3. The topological polar surface area (TPSA) is 94.1 Å². The van der Waals surface area contributed by atoms with Crippen LogP contribution < -0.4 is 11.1 Å². The molecule has 2 rings (SSSR count). The summed E-state index contributed by atoms with van der Waals surface area (Å²) in [7, 11) is 0. The fourth-order valence-corrected chi connectivity index (χ4v) is 2.77. The van der Waals surface area contributed by atoms with Gasteiger partial charge in [-0.2, -0.15) is 0 Å². The van der Waals surface area contributed by atoms with Crippen molar-refractivity contribution in [2.75, 3.05) is 11.1 Å². The summed E-state index contributed by atoms with van der Waals surface area (Å²) in [4.78, 5) is 14.2. The monoisotopic (exact) mass is 264 g/mol. The number of aromatic nitrogens is 1. The molecule has 0 bridgehead atoms. The Morgan fingerprint density at radius 1 is 1.42 bits per heavy atom. The van der Waals surface area contributed by atoms with Gasteiger partial charge in [-0.25, -0.2) is 4.98 Å². The van der Waals surface area contributed by atoms with E-state index in [2.05, 4.69) is 24.1 Å². The highest BCUT2D eigenvalue weighted by Crippen LogP contribution is 2.31. The van der Waals surface area contributed by atoms with Crippen LogP contribution >= 0.6 is 0 Å². The van der Waals surface area contributed by atoms with Crippen LogP contribution in [-0.2, 0) is 0 Å². The number of rotatable bonds is 3. The van der Waals surface area contributed by atoms with Crippen LogP contribution in [0.5, 0.6) is 0 Å². The summed E-state index contributed by atoms with van der Waals surface area (Å²) >= 11 is 0. The third kappa shape index (κ3) is 3.13. The summed E-state index contributed by atoms with van der Waals surface area (Å²) < 4.78 is 0. The lowest BCUT2D eigenvalue weighted by atomic mass is 9.80. The Morgan fingerprint density at radius 3 is 2.74 bits per heavy atom. The number of nitro groups is 1. The molecule has 0 amide bonds. The molecule has 1 aliphatic rings. The van der Waals surface area contributed by atoms with E-state index in [1.807, 2.05) is 0 Å². The molecular weight excluding hydrogens is 244 g/mol. The van der Waals surface area contributed by atoms with Crippen LogP contribution in [0.2, 0.25) is 0 Å². The van der Waals surface area contributed by atoms with E-state index >= 15 is 0 Å². The fraction of sp³-hybridized carbons (Fsp3) is 0.615. The van der Waals surface area contributed by atoms with E-state index in [1.165, 1.54) is 18.9 Å². The Kier molecular flexibility index (Phi) is 3.87. The van der Waals surface area contributed by atoms with E-state index in [4.69, 9.17) is 5.73 Å². The Balaban J connectivity index is 2.07. The van der Waals surface area contributed by atoms with E-state index in [0.717, 1.165) is 12.3 Å². The predicted octanol–water partition coefficient (Wildman–Crippen LogP) is 2.81. The Labute approximate surface area is 112 Å². The standard InChI is InChI=1S/C13H20N4O2/c1-8-3-4-10(9(2)7-8)15-12-6-5-11(17(18)19)13(14)16-12/h5-6,8-10H,3-4,7H2,1-2H3,(H3,14,15,16). The lowest BCUT2D eigenvalue weighted by Gasteiger charge is -2.33. The molecule has 1 aliphatic carbocycles. The zero-order valence-electron chi connectivity index (χ0n) is 11.3. The maximum atomic E-state index is 10.7. The molecule has 1 saturated carbocycles. The molecule has 1 heterocycles. The molecule has 1 aromatic rings. The number of nitrogens with zero attached hydrogens (tertiary/aromatic N) is 2. The SMILES string of the molecule is CC1CCC(Nc2ccc([N+](=O)[O-])c(N)n2)C(C)C1. The average Bonchev–Trinajstić information content (AvgIpc) is 2.32. The van der Waals surface area contributed by atoms with Gasteiger partial charge in [0.05, 0.1) is 4.92 Å². The first kappa shape index (κ1) is 13.6. The van der Waals surface area contributed by atoms with Crippen LogP contribution in [0.3, 0.4) is 0 Å². The van der Waals surface area contributed by atoms with Crippen molar-refractivity contribution in [3.63, 3.8) is 0 Å². The largest absolute Gasteiger partial charge is 0.378 e. The second-order valence-electron chi connectivity index (χ2n) is 5.50. The van der Waals surface area contributed by atoms with Gasteiger partial charge in [-0.05, 0) is 37.2 Å². The first-order chi connectivity index (χ1) is 8.97. The molecule has 0 aliphatic heterocycles. The maximum absolute atomic E-state index is 10.7. The summed E-state index contributed by atoms with van der Waals surface area (Å²) in [6, 6.07) is 3.39. The highest BCUT2D eigenvalue weighted by Gasteiger charge is 2.25. The first-order valence-electron chi connectivity index (χ1n) is 6.65.